The molecule has 1 amide bonds. The number of hydrogen-bond acceptors (Lipinski definition) is 5. The van der Waals surface area contributed by atoms with Crippen LogP contribution in [0.5, 0.6) is 0 Å². The minimum absolute atomic E-state index is 0.228. The van der Waals surface area contributed by atoms with Crippen molar-refractivity contribution >= 4 is 34.0 Å². The summed E-state index contributed by atoms with van der Waals surface area (Å²) >= 11 is 7.54. The van der Waals surface area contributed by atoms with Gasteiger partial charge in [-0.05, 0) is 18.2 Å². The second-order valence-electron chi connectivity index (χ2n) is 5.41. The van der Waals surface area contributed by atoms with Crippen LogP contribution in [-0.4, -0.2) is 15.9 Å². The SMILES string of the molecule is O=C(Nc1nc(-c2ccccc2Cl)cs1)c1ccc(-c2cnco2)cc1. The quantitative estimate of drug-likeness (QED) is 0.516. The number of carbonyl (C=O) groups is 1. The van der Waals surface area contributed by atoms with Crippen LogP contribution in [0, 0.1) is 0 Å². The molecule has 0 saturated heterocycles. The molecule has 1 N–H and O–H groups in total. The number of benzene rings is 2. The molecule has 0 aliphatic carbocycles. The lowest BCUT2D eigenvalue weighted by atomic mass is 10.1. The van der Waals surface area contributed by atoms with Crippen molar-refractivity contribution in [3.05, 3.63) is 77.1 Å². The molecule has 4 aromatic rings. The van der Waals surface area contributed by atoms with Gasteiger partial charge in [0.15, 0.2) is 17.3 Å². The minimum Gasteiger partial charge on any atom is -0.444 e. The smallest absolute Gasteiger partial charge is 0.257 e. The summed E-state index contributed by atoms with van der Waals surface area (Å²) in [6.45, 7) is 0. The van der Waals surface area contributed by atoms with Crippen LogP contribution >= 0.6 is 22.9 Å². The van der Waals surface area contributed by atoms with Gasteiger partial charge in [-0.2, -0.15) is 0 Å². The third-order valence-electron chi connectivity index (χ3n) is 3.74. The fourth-order valence-corrected chi connectivity index (χ4v) is 3.38. The lowest BCUT2D eigenvalue weighted by molar-refractivity contribution is 0.102. The van der Waals surface area contributed by atoms with Gasteiger partial charge in [0, 0.05) is 27.1 Å². The Bertz CT molecular complexity index is 1040. The Labute approximate surface area is 158 Å². The van der Waals surface area contributed by atoms with Crippen LogP contribution in [0.3, 0.4) is 0 Å². The molecule has 0 unspecified atom stereocenters. The van der Waals surface area contributed by atoms with Gasteiger partial charge in [-0.3, -0.25) is 10.1 Å². The lowest BCUT2D eigenvalue weighted by Crippen LogP contribution is -2.11. The third-order valence-corrected chi connectivity index (χ3v) is 4.83. The molecule has 128 valence electrons. The molecule has 0 saturated carbocycles. The van der Waals surface area contributed by atoms with E-state index in [1.165, 1.54) is 17.7 Å². The molecule has 26 heavy (non-hydrogen) atoms. The summed E-state index contributed by atoms with van der Waals surface area (Å²) in [7, 11) is 0. The van der Waals surface area contributed by atoms with Crippen LogP contribution in [0.2, 0.25) is 5.02 Å². The maximum atomic E-state index is 12.4. The van der Waals surface area contributed by atoms with E-state index in [1.807, 2.05) is 41.8 Å². The normalized spacial score (nSPS) is 10.7. The number of amides is 1. The topological polar surface area (TPSA) is 68.0 Å². The van der Waals surface area contributed by atoms with Crippen LogP contribution in [0.25, 0.3) is 22.6 Å². The van der Waals surface area contributed by atoms with Crippen molar-refractivity contribution in [1.82, 2.24) is 9.97 Å². The molecule has 2 heterocycles. The monoisotopic (exact) mass is 381 g/mol. The van der Waals surface area contributed by atoms with Gasteiger partial charge in [0.25, 0.3) is 5.91 Å². The summed E-state index contributed by atoms with van der Waals surface area (Å²) in [6, 6.07) is 14.6. The molecule has 0 aliphatic heterocycles. The molecular weight excluding hydrogens is 370 g/mol. The largest absolute Gasteiger partial charge is 0.444 e. The minimum atomic E-state index is -0.228. The highest BCUT2D eigenvalue weighted by atomic mass is 35.5. The van der Waals surface area contributed by atoms with Gasteiger partial charge >= 0.3 is 0 Å². The number of halogens is 1. The average molecular weight is 382 g/mol. The van der Waals surface area contributed by atoms with Crippen molar-refractivity contribution < 1.29 is 9.21 Å². The highest BCUT2D eigenvalue weighted by Crippen LogP contribution is 2.30. The predicted molar refractivity (Wildman–Crippen MR) is 102 cm³/mol. The zero-order chi connectivity index (χ0) is 17.9. The number of thiazole rings is 1. The van der Waals surface area contributed by atoms with Gasteiger partial charge in [-0.1, -0.05) is 41.9 Å². The Hall–Kier alpha value is -2.96. The first kappa shape index (κ1) is 16.5. The molecule has 0 aliphatic rings. The third kappa shape index (κ3) is 3.37. The van der Waals surface area contributed by atoms with Crippen LogP contribution in [0.15, 0.2) is 70.9 Å². The molecule has 0 spiro atoms. The first-order valence-electron chi connectivity index (χ1n) is 7.71. The first-order valence-corrected chi connectivity index (χ1v) is 8.97. The Morgan fingerprint density at radius 2 is 1.92 bits per heavy atom. The zero-order valence-corrected chi connectivity index (χ0v) is 14.9. The molecule has 2 aromatic carbocycles. The van der Waals surface area contributed by atoms with Crippen LogP contribution in [0.4, 0.5) is 5.13 Å². The van der Waals surface area contributed by atoms with E-state index in [9.17, 15) is 4.79 Å². The summed E-state index contributed by atoms with van der Waals surface area (Å²) in [6.07, 6.45) is 3.00. The summed E-state index contributed by atoms with van der Waals surface area (Å²) in [4.78, 5) is 20.7. The van der Waals surface area contributed by atoms with Crippen molar-refractivity contribution in [3.8, 4) is 22.6 Å². The van der Waals surface area contributed by atoms with E-state index in [1.54, 1.807) is 18.3 Å². The van der Waals surface area contributed by atoms with E-state index in [2.05, 4.69) is 15.3 Å². The van der Waals surface area contributed by atoms with Crippen LogP contribution in [0.1, 0.15) is 10.4 Å². The molecule has 0 bridgehead atoms. The summed E-state index contributed by atoms with van der Waals surface area (Å²) in [5, 5.41) is 5.82. The molecule has 0 radical (unpaired) electrons. The number of aromatic nitrogens is 2. The number of carbonyl (C=O) groups excluding carboxylic acids is 1. The number of oxazole rings is 1. The highest BCUT2D eigenvalue weighted by molar-refractivity contribution is 7.14. The van der Waals surface area contributed by atoms with Gasteiger partial charge in [0.2, 0.25) is 0 Å². The second kappa shape index (κ2) is 7.11. The van der Waals surface area contributed by atoms with Gasteiger partial charge in [0.05, 0.1) is 11.9 Å². The summed E-state index contributed by atoms with van der Waals surface area (Å²) < 4.78 is 5.24. The molecule has 4 rings (SSSR count). The van der Waals surface area contributed by atoms with Crippen LogP contribution < -0.4 is 5.32 Å². The Morgan fingerprint density at radius 1 is 1.12 bits per heavy atom. The number of hydrogen-bond donors (Lipinski definition) is 1. The molecule has 0 atom stereocenters. The molecule has 7 heteroatoms. The molecule has 0 fully saturated rings. The highest BCUT2D eigenvalue weighted by Gasteiger charge is 2.12. The van der Waals surface area contributed by atoms with Gasteiger partial charge in [-0.15, -0.1) is 11.3 Å². The van der Waals surface area contributed by atoms with Crippen molar-refractivity contribution in [2.45, 2.75) is 0 Å². The van der Waals surface area contributed by atoms with Crippen molar-refractivity contribution in [2.75, 3.05) is 5.32 Å². The maximum absolute atomic E-state index is 12.4. The number of nitrogens with zero attached hydrogens (tertiary/aromatic N) is 2. The van der Waals surface area contributed by atoms with Crippen LogP contribution in [-0.2, 0) is 0 Å². The van der Waals surface area contributed by atoms with Crippen molar-refractivity contribution in [2.24, 2.45) is 0 Å². The average Bonchev–Trinajstić information content (AvgIpc) is 3.34. The first-order chi connectivity index (χ1) is 12.7. The van der Waals surface area contributed by atoms with Crippen molar-refractivity contribution in [3.63, 3.8) is 0 Å². The van der Waals surface area contributed by atoms with E-state index in [0.717, 1.165) is 16.8 Å². The van der Waals surface area contributed by atoms with E-state index >= 15 is 0 Å². The maximum Gasteiger partial charge on any atom is 0.257 e. The molecule has 2 aromatic heterocycles. The van der Waals surface area contributed by atoms with Gasteiger partial charge in [0.1, 0.15) is 0 Å². The fourth-order valence-electron chi connectivity index (χ4n) is 2.44. The zero-order valence-electron chi connectivity index (χ0n) is 13.3. The van der Waals surface area contributed by atoms with Crippen molar-refractivity contribution in [1.29, 1.82) is 0 Å². The van der Waals surface area contributed by atoms with E-state index in [0.29, 0.717) is 21.5 Å². The summed E-state index contributed by atoms with van der Waals surface area (Å²) in [5.74, 6) is 0.426. The number of rotatable bonds is 4. The fraction of sp³-hybridized carbons (Fsp3) is 0. The van der Waals surface area contributed by atoms with Gasteiger partial charge < -0.3 is 4.42 Å². The Kier molecular flexibility index (Phi) is 4.51. The molecular formula is C19H12ClN3O2S. The Morgan fingerprint density at radius 3 is 2.65 bits per heavy atom. The standard InChI is InChI=1S/C19H12ClN3O2S/c20-15-4-2-1-3-14(15)16-10-26-19(22-16)23-18(24)13-7-5-12(6-8-13)17-9-21-11-25-17/h1-11H,(H,22,23,24). The number of anilines is 1. The van der Waals surface area contributed by atoms with E-state index < -0.39 is 0 Å². The second-order valence-corrected chi connectivity index (χ2v) is 6.68. The number of nitrogens with one attached hydrogen (secondary N) is 1. The lowest BCUT2D eigenvalue weighted by Gasteiger charge is -2.03. The van der Waals surface area contributed by atoms with E-state index in [4.69, 9.17) is 16.0 Å². The summed E-state index contributed by atoms with van der Waals surface area (Å²) in [5.41, 5.74) is 2.95. The Balaban J connectivity index is 1.49. The van der Waals surface area contributed by atoms with Gasteiger partial charge in [-0.25, -0.2) is 9.97 Å². The van der Waals surface area contributed by atoms with E-state index in [-0.39, 0.29) is 5.91 Å². The predicted octanol–water partition coefficient (Wildman–Crippen LogP) is 5.37. The molecule has 5 nitrogen and oxygen atoms in total.